The predicted octanol–water partition coefficient (Wildman–Crippen LogP) is 7.41. The summed E-state index contributed by atoms with van der Waals surface area (Å²) in [7, 11) is 1.55. The van der Waals surface area contributed by atoms with Gasteiger partial charge in [0.25, 0.3) is 5.91 Å². The second-order valence-electron chi connectivity index (χ2n) is 13.0. The number of benzene rings is 3. The van der Waals surface area contributed by atoms with Crippen molar-refractivity contribution in [1.82, 2.24) is 20.1 Å². The fourth-order valence-electron chi connectivity index (χ4n) is 7.27. The van der Waals surface area contributed by atoms with E-state index in [0.717, 1.165) is 82.8 Å². The Hall–Kier alpha value is -3.51. The van der Waals surface area contributed by atoms with Crippen molar-refractivity contribution >= 4 is 32.7 Å². The molecule has 3 heterocycles. The van der Waals surface area contributed by atoms with E-state index in [4.69, 9.17) is 14.5 Å². The number of halogens is 4. The van der Waals surface area contributed by atoms with E-state index in [2.05, 4.69) is 31.0 Å². The van der Waals surface area contributed by atoms with Crippen molar-refractivity contribution in [1.29, 1.82) is 0 Å². The largest absolute Gasteiger partial charge is 0.496 e. The Morgan fingerprint density at radius 2 is 1.75 bits per heavy atom. The summed E-state index contributed by atoms with van der Waals surface area (Å²) in [6.07, 6.45) is -1.04. The molecule has 0 unspecified atom stereocenters. The van der Waals surface area contributed by atoms with Crippen molar-refractivity contribution < 1.29 is 27.4 Å². The molecule has 1 amide bonds. The second kappa shape index (κ2) is 13.4. The monoisotopic (exact) mass is 722 g/mol. The number of aromatic nitrogens is 1. The average Bonchev–Trinajstić information content (AvgIpc) is 3.88. The lowest BCUT2D eigenvalue weighted by Gasteiger charge is -2.40. The highest BCUT2D eigenvalue weighted by atomic mass is 79.9. The lowest BCUT2D eigenvalue weighted by atomic mass is 9.93. The quantitative estimate of drug-likeness (QED) is 0.205. The van der Waals surface area contributed by atoms with E-state index in [9.17, 15) is 18.0 Å². The lowest BCUT2D eigenvalue weighted by molar-refractivity contribution is -0.137. The molecule has 0 bridgehead atoms. The molecule has 11 heteroatoms. The van der Waals surface area contributed by atoms with Crippen molar-refractivity contribution in [3.63, 3.8) is 0 Å². The van der Waals surface area contributed by atoms with Crippen molar-refractivity contribution in [3.8, 4) is 17.0 Å². The molecule has 7 rings (SSSR count). The number of morpholine rings is 1. The Kier molecular flexibility index (Phi) is 9.23. The Morgan fingerprint density at radius 1 is 1.02 bits per heavy atom. The standard InChI is InChI=1S/C37H38BrF3N4O3/c1-47-31-22-27(38)21-30-33(31)32(35(46)43-36(12-13-36)25-7-3-2-4-8-25)29(34(42-30)24-6-5-9-26(20-24)37(39,40)41)23-44-14-10-28(11-15-44)45-16-18-48-19-17-45/h2-9,20-22,28H,10-19,23H2,1H3,(H,43,46). The fraction of sp³-hybridized carbons (Fsp3) is 0.405. The summed E-state index contributed by atoms with van der Waals surface area (Å²) < 4.78 is 54.0. The van der Waals surface area contributed by atoms with E-state index < -0.39 is 17.3 Å². The van der Waals surface area contributed by atoms with Crippen LogP contribution in [0.5, 0.6) is 5.75 Å². The van der Waals surface area contributed by atoms with Gasteiger partial charge >= 0.3 is 6.18 Å². The van der Waals surface area contributed by atoms with Crippen LogP contribution in [0.3, 0.4) is 0 Å². The number of methoxy groups -OCH3 is 1. The summed E-state index contributed by atoms with van der Waals surface area (Å²) in [5, 5.41) is 3.89. The maximum Gasteiger partial charge on any atom is 0.416 e. The molecule has 4 aromatic rings. The highest BCUT2D eigenvalue weighted by Gasteiger charge is 2.46. The SMILES string of the molecule is COc1cc(Br)cc2nc(-c3cccc(C(F)(F)F)c3)c(CN3CCC(N4CCOCC4)CC3)c(C(=O)NC3(c4ccccc4)CC3)c12. The van der Waals surface area contributed by atoms with Crippen LogP contribution in [0.4, 0.5) is 13.2 Å². The van der Waals surface area contributed by atoms with Gasteiger partial charge in [-0.2, -0.15) is 13.2 Å². The molecule has 0 atom stereocenters. The Labute approximate surface area is 286 Å². The van der Waals surface area contributed by atoms with Gasteiger partial charge in [0.2, 0.25) is 0 Å². The number of amides is 1. The first-order chi connectivity index (χ1) is 23.1. The maximum absolute atomic E-state index is 14.7. The van der Waals surface area contributed by atoms with Crippen LogP contribution in [0, 0.1) is 0 Å². The third-order valence-corrected chi connectivity index (χ3v) is 10.4. The van der Waals surface area contributed by atoms with Crippen LogP contribution in [-0.2, 0) is 23.0 Å². The molecule has 2 aliphatic heterocycles. The maximum atomic E-state index is 14.7. The number of ether oxygens (including phenoxy) is 2. The zero-order valence-electron chi connectivity index (χ0n) is 26.8. The third-order valence-electron chi connectivity index (χ3n) is 9.96. The van der Waals surface area contributed by atoms with E-state index in [0.29, 0.717) is 56.1 Å². The van der Waals surface area contributed by atoms with Gasteiger partial charge in [0.05, 0.1) is 53.6 Å². The van der Waals surface area contributed by atoms with Gasteiger partial charge in [-0.25, -0.2) is 4.98 Å². The molecule has 7 nitrogen and oxygen atoms in total. The number of nitrogens with zero attached hydrogens (tertiary/aromatic N) is 3. The number of likely N-dealkylation sites (tertiary alicyclic amines) is 1. The van der Waals surface area contributed by atoms with Crippen molar-refractivity contribution in [3.05, 3.63) is 93.5 Å². The first kappa shape index (κ1) is 33.0. The van der Waals surface area contributed by atoms with Crippen LogP contribution >= 0.6 is 15.9 Å². The van der Waals surface area contributed by atoms with Gasteiger partial charge < -0.3 is 14.8 Å². The van der Waals surface area contributed by atoms with Gasteiger partial charge in [-0.05, 0) is 68.6 Å². The van der Waals surface area contributed by atoms with E-state index in [1.807, 2.05) is 30.3 Å². The predicted molar refractivity (Wildman–Crippen MR) is 182 cm³/mol. The lowest BCUT2D eigenvalue weighted by Crippen LogP contribution is -2.48. The molecule has 0 spiro atoms. The molecule has 48 heavy (non-hydrogen) atoms. The minimum Gasteiger partial charge on any atom is -0.496 e. The van der Waals surface area contributed by atoms with Crippen LogP contribution in [0.2, 0.25) is 0 Å². The second-order valence-corrected chi connectivity index (χ2v) is 13.9. The van der Waals surface area contributed by atoms with E-state index in [-0.39, 0.29) is 5.91 Å². The first-order valence-electron chi connectivity index (χ1n) is 16.5. The molecule has 252 valence electrons. The normalized spacial score (nSPS) is 18.9. The smallest absolute Gasteiger partial charge is 0.416 e. The molecule has 0 radical (unpaired) electrons. The minimum absolute atomic E-state index is 0.296. The summed E-state index contributed by atoms with van der Waals surface area (Å²) in [5.74, 6) is 0.167. The highest BCUT2D eigenvalue weighted by molar-refractivity contribution is 9.10. The highest BCUT2D eigenvalue weighted by Crippen LogP contribution is 2.47. The third kappa shape index (κ3) is 6.70. The molecular formula is C37H38BrF3N4O3. The number of carbonyl (C=O) groups is 1. The summed E-state index contributed by atoms with van der Waals surface area (Å²) in [5.41, 5.74) is 1.84. The van der Waals surface area contributed by atoms with Gasteiger partial charge in [-0.3, -0.25) is 14.6 Å². The Morgan fingerprint density at radius 3 is 2.42 bits per heavy atom. The molecule has 1 aromatic heterocycles. The average molecular weight is 724 g/mol. The zero-order chi connectivity index (χ0) is 33.5. The van der Waals surface area contributed by atoms with Crippen molar-refractivity contribution in [2.75, 3.05) is 46.5 Å². The number of hydrogen-bond acceptors (Lipinski definition) is 6. The fourth-order valence-corrected chi connectivity index (χ4v) is 7.69. The number of rotatable bonds is 8. The van der Waals surface area contributed by atoms with Crippen LogP contribution in [0.25, 0.3) is 22.2 Å². The number of nitrogens with one attached hydrogen (secondary N) is 1. The van der Waals surface area contributed by atoms with Gasteiger partial charge in [0.15, 0.2) is 0 Å². The number of piperidine rings is 1. The Bertz CT molecular complexity index is 1800. The molecule has 1 aliphatic carbocycles. The van der Waals surface area contributed by atoms with Crippen LogP contribution in [0.15, 0.2) is 71.2 Å². The molecule has 1 saturated carbocycles. The topological polar surface area (TPSA) is 66.9 Å². The molecular weight excluding hydrogens is 685 g/mol. The number of hydrogen-bond donors (Lipinski definition) is 1. The van der Waals surface area contributed by atoms with Crippen molar-refractivity contribution in [2.24, 2.45) is 0 Å². The van der Waals surface area contributed by atoms with E-state index in [1.54, 1.807) is 25.3 Å². The first-order valence-corrected chi connectivity index (χ1v) is 17.2. The van der Waals surface area contributed by atoms with E-state index in [1.165, 1.54) is 6.07 Å². The molecule has 1 N–H and O–H groups in total. The summed E-state index contributed by atoms with van der Waals surface area (Å²) in [6.45, 7) is 5.24. The number of pyridine rings is 1. The van der Waals surface area contributed by atoms with E-state index >= 15 is 0 Å². The zero-order valence-corrected chi connectivity index (χ0v) is 28.4. The number of fused-ring (bicyclic) bond motifs is 1. The summed E-state index contributed by atoms with van der Waals surface area (Å²) in [4.78, 5) is 24.5. The van der Waals surface area contributed by atoms with Crippen LogP contribution in [0.1, 0.15) is 52.7 Å². The van der Waals surface area contributed by atoms with Gasteiger partial charge in [-0.15, -0.1) is 0 Å². The Balaban J connectivity index is 1.36. The minimum atomic E-state index is -4.53. The molecule has 3 aromatic carbocycles. The summed E-state index contributed by atoms with van der Waals surface area (Å²) in [6, 6.07) is 19.2. The van der Waals surface area contributed by atoms with Crippen molar-refractivity contribution in [2.45, 2.75) is 50.0 Å². The number of carbonyl (C=O) groups excluding carboxylic acids is 1. The molecule has 3 fully saturated rings. The number of alkyl halides is 3. The van der Waals surface area contributed by atoms with Crippen LogP contribution in [-0.4, -0.2) is 73.2 Å². The van der Waals surface area contributed by atoms with Gasteiger partial charge in [-0.1, -0.05) is 58.4 Å². The van der Waals surface area contributed by atoms with Gasteiger partial charge in [0, 0.05) is 41.3 Å². The molecule has 3 aliphatic rings. The van der Waals surface area contributed by atoms with Gasteiger partial charge in [0.1, 0.15) is 5.75 Å². The summed E-state index contributed by atoms with van der Waals surface area (Å²) >= 11 is 3.54. The molecule has 2 saturated heterocycles. The van der Waals surface area contributed by atoms with Crippen LogP contribution < -0.4 is 10.1 Å².